The number of rotatable bonds is 5. The van der Waals surface area contributed by atoms with Crippen molar-refractivity contribution in [2.45, 2.75) is 10.8 Å². The lowest BCUT2D eigenvalue weighted by molar-refractivity contribution is 1.12. The van der Waals surface area contributed by atoms with E-state index in [-0.39, 0.29) is 0 Å². The zero-order valence-electron chi connectivity index (χ0n) is 15.5. The molecule has 4 rings (SSSR count). The summed E-state index contributed by atoms with van der Waals surface area (Å²) in [5.74, 6) is 0.751. The smallest absolute Gasteiger partial charge is 0.115 e. The highest BCUT2D eigenvalue weighted by Gasteiger charge is 2.16. The van der Waals surface area contributed by atoms with E-state index in [0.29, 0.717) is 5.56 Å². The number of hydrogen-bond acceptors (Lipinski definition) is 3. The van der Waals surface area contributed by atoms with Gasteiger partial charge in [-0.05, 0) is 29.3 Å². The molecule has 1 aromatic heterocycles. The van der Waals surface area contributed by atoms with Crippen molar-refractivity contribution >= 4 is 27.7 Å². The molecule has 0 aliphatic carbocycles. The van der Waals surface area contributed by atoms with Crippen LogP contribution in [-0.4, -0.2) is 4.98 Å². The summed E-state index contributed by atoms with van der Waals surface area (Å²) in [4.78, 5) is 4.86. The standard InChI is InChI=1S/C25H17BrN2S/c26-21-13-11-18(12-14-21)17-29-25-23(16-27)22(19-7-3-1-4-8-19)15-24(28-25)20-9-5-2-6-10-20/h1-15H,17H2. The van der Waals surface area contributed by atoms with Crippen LogP contribution in [-0.2, 0) is 5.75 Å². The molecule has 0 unspecified atom stereocenters. The summed E-state index contributed by atoms with van der Waals surface area (Å²) in [6, 6.07) is 32.8. The molecule has 0 saturated carbocycles. The summed E-state index contributed by atoms with van der Waals surface area (Å²) >= 11 is 5.07. The number of hydrogen-bond donors (Lipinski definition) is 0. The van der Waals surface area contributed by atoms with Crippen molar-refractivity contribution in [3.8, 4) is 28.5 Å². The minimum Gasteiger partial charge on any atom is -0.240 e. The molecular weight excluding hydrogens is 440 g/mol. The molecular formula is C25H17BrN2S. The first-order valence-electron chi connectivity index (χ1n) is 9.18. The van der Waals surface area contributed by atoms with E-state index >= 15 is 0 Å². The van der Waals surface area contributed by atoms with Gasteiger partial charge in [-0.1, -0.05) is 88.7 Å². The second kappa shape index (κ2) is 9.09. The van der Waals surface area contributed by atoms with Gasteiger partial charge in [-0.3, -0.25) is 0 Å². The van der Waals surface area contributed by atoms with Gasteiger partial charge in [0.2, 0.25) is 0 Å². The quantitative estimate of drug-likeness (QED) is 0.294. The Kier molecular flexibility index (Phi) is 6.09. The van der Waals surface area contributed by atoms with Gasteiger partial charge in [0.05, 0.1) is 11.3 Å². The number of nitrogens with zero attached hydrogens (tertiary/aromatic N) is 2. The Balaban J connectivity index is 1.80. The maximum atomic E-state index is 9.95. The Morgan fingerprint density at radius 1 is 0.828 bits per heavy atom. The fraction of sp³-hybridized carbons (Fsp3) is 0.0400. The second-order valence-electron chi connectivity index (χ2n) is 6.49. The minimum absolute atomic E-state index is 0.623. The average molecular weight is 457 g/mol. The van der Waals surface area contributed by atoms with Gasteiger partial charge in [-0.25, -0.2) is 4.98 Å². The van der Waals surface area contributed by atoms with Crippen LogP contribution in [0.15, 0.2) is 100 Å². The number of halogens is 1. The summed E-state index contributed by atoms with van der Waals surface area (Å²) in [5, 5.41) is 10.7. The first-order chi connectivity index (χ1) is 14.2. The number of nitriles is 1. The van der Waals surface area contributed by atoms with E-state index in [4.69, 9.17) is 4.98 Å². The summed E-state index contributed by atoms with van der Waals surface area (Å²) in [7, 11) is 0. The SMILES string of the molecule is N#Cc1c(-c2ccccc2)cc(-c2ccccc2)nc1SCc1ccc(Br)cc1. The van der Waals surface area contributed by atoms with Crippen molar-refractivity contribution < 1.29 is 0 Å². The Hall–Kier alpha value is -2.87. The summed E-state index contributed by atoms with van der Waals surface area (Å²) in [6.07, 6.45) is 0. The number of aromatic nitrogens is 1. The zero-order chi connectivity index (χ0) is 20.1. The van der Waals surface area contributed by atoms with E-state index in [2.05, 4.69) is 34.1 Å². The van der Waals surface area contributed by atoms with Gasteiger partial charge >= 0.3 is 0 Å². The van der Waals surface area contributed by atoms with Gasteiger partial charge in [0.1, 0.15) is 11.1 Å². The summed E-state index contributed by atoms with van der Waals surface area (Å²) in [6.45, 7) is 0. The summed E-state index contributed by atoms with van der Waals surface area (Å²) < 4.78 is 1.06. The molecule has 3 aromatic carbocycles. The second-order valence-corrected chi connectivity index (χ2v) is 8.37. The largest absolute Gasteiger partial charge is 0.240 e. The molecule has 0 aliphatic rings. The molecule has 0 N–H and O–H groups in total. The van der Waals surface area contributed by atoms with Crippen molar-refractivity contribution in [1.82, 2.24) is 4.98 Å². The Bertz CT molecular complexity index is 1150. The van der Waals surface area contributed by atoms with Crippen molar-refractivity contribution in [1.29, 1.82) is 5.26 Å². The molecule has 2 nitrogen and oxygen atoms in total. The molecule has 0 radical (unpaired) electrons. The van der Waals surface area contributed by atoms with E-state index in [9.17, 15) is 5.26 Å². The van der Waals surface area contributed by atoms with Crippen LogP contribution in [0, 0.1) is 11.3 Å². The molecule has 0 fully saturated rings. The Morgan fingerprint density at radius 2 is 1.45 bits per heavy atom. The molecule has 140 valence electrons. The van der Waals surface area contributed by atoms with Gasteiger partial charge in [-0.2, -0.15) is 5.26 Å². The van der Waals surface area contributed by atoms with Crippen LogP contribution in [0.2, 0.25) is 0 Å². The van der Waals surface area contributed by atoms with Crippen LogP contribution in [0.25, 0.3) is 22.4 Å². The first-order valence-corrected chi connectivity index (χ1v) is 11.0. The van der Waals surface area contributed by atoms with Crippen LogP contribution in [0.5, 0.6) is 0 Å². The third-order valence-electron chi connectivity index (χ3n) is 4.54. The van der Waals surface area contributed by atoms with Crippen molar-refractivity contribution in [2.75, 3.05) is 0 Å². The fourth-order valence-electron chi connectivity index (χ4n) is 3.07. The van der Waals surface area contributed by atoms with Crippen LogP contribution >= 0.6 is 27.7 Å². The maximum absolute atomic E-state index is 9.95. The highest BCUT2D eigenvalue weighted by molar-refractivity contribution is 9.10. The molecule has 0 amide bonds. The molecule has 0 aliphatic heterocycles. The summed E-state index contributed by atoms with van der Waals surface area (Å²) in [5.41, 5.74) is 5.67. The molecule has 0 atom stereocenters. The molecule has 0 spiro atoms. The molecule has 4 aromatic rings. The van der Waals surface area contributed by atoms with E-state index < -0.39 is 0 Å². The van der Waals surface area contributed by atoms with E-state index in [1.165, 1.54) is 5.56 Å². The third-order valence-corrected chi connectivity index (χ3v) is 6.12. The molecule has 1 heterocycles. The minimum atomic E-state index is 0.623. The van der Waals surface area contributed by atoms with Crippen molar-refractivity contribution in [3.63, 3.8) is 0 Å². The van der Waals surface area contributed by atoms with Gasteiger partial charge in [-0.15, -0.1) is 11.8 Å². The molecule has 4 heteroatoms. The molecule has 0 bridgehead atoms. The number of thioether (sulfide) groups is 1. The monoisotopic (exact) mass is 456 g/mol. The number of benzene rings is 3. The van der Waals surface area contributed by atoms with Gasteiger partial charge in [0, 0.05) is 21.4 Å². The molecule has 29 heavy (non-hydrogen) atoms. The van der Waals surface area contributed by atoms with Crippen LogP contribution in [0.3, 0.4) is 0 Å². The topological polar surface area (TPSA) is 36.7 Å². The predicted octanol–water partition coefficient (Wildman–Crippen LogP) is 7.34. The normalized spacial score (nSPS) is 10.5. The molecule has 0 saturated heterocycles. The van der Waals surface area contributed by atoms with Crippen molar-refractivity contribution in [3.05, 3.63) is 107 Å². The van der Waals surface area contributed by atoms with Crippen molar-refractivity contribution in [2.24, 2.45) is 0 Å². The lowest BCUT2D eigenvalue weighted by atomic mass is 9.99. The fourth-order valence-corrected chi connectivity index (χ4v) is 4.29. The van der Waals surface area contributed by atoms with Crippen LogP contribution in [0.1, 0.15) is 11.1 Å². The maximum Gasteiger partial charge on any atom is 0.115 e. The first kappa shape index (κ1) is 19.4. The zero-order valence-corrected chi connectivity index (χ0v) is 18.0. The highest BCUT2D eigenvalue weighted by Crippen LogP contribution is 2.35. The lowest BCUT2D eigenvalue weighted by Gasteiger charge is -2.12. The van der Waals surface area contributed by atoms with Gasteiger partial charge < -0.3 is 0 Å². The van der Waals surface area contributed by atoms with E-state index in [1.807, 2.05) is 78.9 Å². The highest BCUT2D eigenvalue weighted by atomic mass is 79.9. The number of pyridine rings is 1. The Morgan fingerprint density at radius 3 is 2.07 bits per heavy atom. The van der Waals surface area contributed by atoms with Gasteiger partial charge in [0.15, 0.2) is 0 Å². The third kappa shape index (κ3) is 4.59. The van der Waals surface area contributed by atoms with Crippen LogP contribution in [0.4, 0.5) is 0 Å². The predicted molar refractivity (Wildman–Crippen MR) is 124 cm³/mol. The average Bonchev–Trinajstić information content (AvgIpc) is 2.79. The van der Waals surface area contributed by atoms with E-state index in [0.717, 1.165) is 37.6 Å². The van der Waals surface area contributed by atoms with E-state index in [1.54, 1.807) is 11.8 Å². The lowest BCUT2D eigenvalue weighted by Crippen LogP contribution is -1.96. The van der Waals surface area contributed by atoms with Gasteiger partial charge in [0.25, 0.3) is 0 Å². The Labute approximate surface area is 183 Å². The van der Waals surface area contributed by atoms with Crippen LogP contribution < -0.4 is 0 Å².